The average Bonchev–Trinajstić information content (AvgIpc) is 3.17. The highest BCUT2D eigenvalue weighted by Gasteiger charge is 2.21. The van der Waals surface area contributed by atoms with E-state index in [-0.39, 0.29) is 5.91 Å². The number of para-hydroxylation sites is 1. The molecule has 0 aliphatic carbocycles. The number of thioether (sulfide) groups is 1. The van der Waals surface area contributed by atoms with Crippen LogP contribution in [0, 0.1) is 5.92 Å². The Morgan fingerprint density at radius 1 is 1.21 bits per heavy atom. The fourth-order valence-corrected chi connectivity index (χ4v) is 4.50. The number of hydrogen-bond donors (Lipinski definition) is 2. The lowest BCUT2D eigenvalue weighted by molar-refractivity contribution is 0.0926. The molecule has 28 heavy (non-hydrogen) atoms. The summed E-state index contributed by atoms with van der Waals surface area (Å²) < 4.78 is 0. The monoisotopic (exact) mass is 393 g/mol. The minimum Gasteiger partial charge on any atom is -0.351 e. The molecule has 2 heterocycles. The quantitative estimate of drug-likeness (QED) is 0.605. The molecule has 1 aliphatic heterocycles. The number of hydrogen-bond acceptors (Lipinski definition) is 3. The Labute approximate surface area is 170 Å². The van der Waals surface area contributed by atoms with Gasteiger partial charge in [0.05, 0.1) is 0 Å². The van der Waals surface area contributed by atoms with Gasteiger partial charge in [-0.25, -0.2) is 0 Å². The van der Waals surface area contributed by atoms with Crippen molar-refractivity contribution < 1.29 is 4.79 Å². The number of aromatic amines is 1. The van der Waals surface area contributed by atoms with Crippen molar-refractivity contribution in [2.75, 3.05) is 25.9 Å². The molecule has 4 rings (SSSR count). The van der Waals surface area contributed by atoms with E-state index >= 15 is 0 Å². The van der Waals surface area contributed by atoms with E-state index in [1.54, 1.807) is 11.8 Å². The van der Waals surface area contributed by atoms with Gasteiger partial charge in [-0.3, -0.25) is 9.69 Å². The van der Waals surface area contributed by atoms with Gasteiger partial charge in [0.2, 0.25) is 0 Å². The third-order valence-corrected chi connectivity index (χ3v) is 6.19. The van der Waals surface area contributed by atoms with Gasteiger partial charge in [0.15, 0.2) is 0 Å². The molecule has 1 aromatic heterocycles. The fourth-order valence-electron chi connectivity index (χ4n) is 4.02. The largest absolute Gasteiger partial charge is 0.351 e. The van der Waals surface area contributed by atoms with Crippen molar-refractivity contribution in [2.45, 2.75) is 24.3 Å². The summed E-state index contributed by atoms with van der Waals surface area (Å²) in [5.41, 5.74) is 3.02. The van der Waals surface area contributed by atoms with Crippen LogP contribution in [0.3, 0.4) is 0 Å². The highest BCUT2D eigenvalue weighted by Crippen LogP contribution is 2.21. The zero-order valence-electron chi connectivity index (χ0n) is 16.3. The summed E-state index contributed by atoms with van der Waals surface area (Å²) in [6.07, 6.45) is 4.48. The molecule has 1 atom stereocenters. The minimum atomic E-state index is -0.0130. The van der Waals surface area contributed by atoms with E-state index in [0.717, 1.165) is 37.1 Å². The third kappa shape index (κ3) is 4.59. The number of benzene rings is 2. The van der Waals surface area contributed by atoms with Crippen molar-refractivity contribution in [3.63, 3.8) is 0 Å². The van der Waals surface area contributed by atoms with Crippen LogP contribution in [0.5, 0.6) is 0 Å². The molecule has 4 nitrogen and oxygen atoms in total. The van der Waals surface area contributed by atoms with Gasteiger partial charge in [-0.2, -0.15) is 0 Å². The molecule has 0 bridgehead atoms. The number of carbonyl (C=O) groups is 1. The number of nitrogens with one attached hydrogen (secondary N) is 2. The van der Waals surface area contributed by atoms with E-state index in [1.807, 2.05) is 30.3 Å². The van der Waals surface area contributed by atoms with E-state index in [2.05, 4.69) is 45.7 Å². The number of piperidine rings is 1. The summed E-state index contributed by atoms with van der Waals surface area (Å²) in [5, 5.41) is 4.21. The fraction of sp³-hybridized carbons (Fsp3) is 0.348. The van der Waals surface area contributed by atoms with Crippen LogP contribution in [-0.4, -0.2) is 41.7 Å². The number of rotatable bonds is 6. The van der Waals surface area contributed by atoms with Crippen LogP contribution < -0.4 is 5.32 Å². The number of nitrogens with zero attached hydrogens (tertiary/aromatic N) is 1. The summed E-state index contributed by atoms with van der Waals surface area (Å²) in [7, 11) is 0. The van der Waals surface area contributed by atoms with Gasteiger partial charge in [-0.1, -0.05) is 30.3 Å². The molecule has 1 unspecified atom stereocenters. The van der Waals surface area contributed by atoms with E-state index in [9.17, 15) is 4.79 Å². The summed E-state index contributed by atoms with van der Waals surface area (Å²) in [6.45, 7) is 3.89. The van der Waals surface area contributed by atoms with Crippen molar-refractivity contribution >= 4 is 28.6 Å². The Balaban J connectivity index is 1.31. The van der Waals surface area contributed by atoms with Crippen LogP contribution in [0.4, 0.5) is 0 Å². The molecule has 1 aliphatic rings. The molecule has 1 fully saturated rings. The van der Waals surface area contributed by atoms with E-state index in [4.69, 9.17) is 0 Å². The molecule has 2 N–H and O–H groups in total. The Kier molecular flexibility index (Phi) is 6.03. The molecule has 1 amide bonds. The van der Waals surface area contributed by atoms with Crippen LogP contribution in [-0.2, 0) is 6.54 Å². The summed E-state index contributed by atoms with van der Waals surface area (Å²) in [5.74, 6) is 0.492. The lowest BCUT2D eigenvalue weighted by Crippen LogP contribution is -2.40. The number of H-pyrrole nitrogens is 1. The zero-order valence-corrected chi connectivity index (χ0v) is 17.1. The molecule has 0 spiro atoms. The Hall–Kier alpha value is -2.24. The number of fused-ring (bicyclic) bond motifs is 1. The first kappa shape index (κ1) is 19.1. The predicted octanol–water partition coefficient (Wildman–Crippen LogP) is 4.53. The van der Waals surface area contributed by atoms with Crippen molar-refractivity contribution in [3.05, 3.63) is 65.9 Å². The third-order valence-electron chi connectivity index (χ3n) is 5.47. The number of amides is 1. The SMILES string of the molecule is CSc1cccc(CN2CCCC(CNC(=O)c3cc4ccccc4[nH]3)C2)c1. The number of carbonyl (C=O) groups excluding carboxylic acids is 1. The van der Waals surface area contributed by atoms with E-state index in [1.165, 1.54) is 23.3 Å². The first-order valence-corrected chi connectivity index (χ1v) is 11.1. The van der Waals surface area contributed by atoms with Gasteiger partial charge in [0.1, 0.15) is 5.69 Å². The second-order valence-electron chi connectivity index (χ2n) is 7.58. The van der Waals surface area contributed by atoms with E-state index in [0.29, 0.717) is 11.6 Å². The standard InChI is InChI=1S/C23H27N3OS/c1-28-20-9-4-6-17(12-20)15-26-11-5-7-18(16-26)14-24-23(27)22-13-19-8-2-3-10-21(19)25-22/h2-4,6,8-10,12-13,18,25H,5,7,11,14-16H2,1H3,(H,24,27). The van der Waals surface area contributed by atoms with Crippen LogP contribution >= 0.6 is 11.8 Å². The van der Waals surface area contributed by atoms with Crippen molar-refractivity contribution in [2.24, 2.45) is 5.92 Å². The molecular formula is C23H27N3OS. The Morgan fingerprint density at radius 3 is 2.96 bits per heavy atom. The lowest BCUT2D eigenvalue weighted by atomic mass is 9.97. The molecule has 146 valence electrons. The normalized spacial score (nSPS) is 17.7. The summed E-state index contributed by atoms with van der Waals surface area (Å²) in [4.78, 5) is 19.6. The van der Waals surface area contributed by atoms with Crippen LogP contribution in [0.2, 0.25) is 0 Å². The Morgan fingerprint density at radius 2 is 2.11 bits per heavy atom. The second kappa shape index (κ2) is 8.84. The highest BCUT2D eigenvalue weighted by atomic mass is 32.2. The lowest BCUT2D eigenvalue weighted by Gasteiger charge is -2.32. The van der Waals surface area contributed by atoms with Crippen molar-refractivity contribution in [3.8, 4) is 0 Å². The topological polar surface area (TPSA) is 48.1 Å². The first-order valence-electron chi connectivity index (χ1n) is 9.92. The number of aromatic nitrogens is 1. The molecule has 0 saturated carbocycles. The molecule has 0 radical (unpaired) electrons. The van der Waals surface area contributed by atoms with Crippen molar-refractivity contribution in [1.29, 1.82) is 0 Å². The van der Waals surface area contributed by atoms with Crippen LogP contribution in [0.15, 0.2) is 59.5 Å². The summed E-state index contributed by atoms with van der Waals surface area (Å²) in [6, 6.07) is 18.7. The van der Waals surface area contributed by atoms with Gasteiger partial charge < -0.3 is 10.3 Å². The zero-order chi connectivity index (χ0) is 19.3. The molecule has 2 aromatic carbocycles. The second-order valence-corrected chi connectivity index (χ2v) is 8.45. The van der Waals surface area contributed by atoms with Gasteiger partial charge in [-0.05, 0) is 61.4 Å². The molecule has 1 saturated heterocycles. The van der Waals surface area contributed by atoms with Gasteiger partial charge in [0.25, 0.3) is 5.91 Å². The predicted molar refractivity (Wildman–Crippen MR) is 117 cm³/mol. The molecule has 5 heteroatoms. The van der Waals surface area contributed by atoms with Crippen LogP contribution in [0.25, 0.3) is 10.9 Å². The minimum absolute atomic E-state index is 0.0130. The smallest absolute Gasteiger partial charge is 0.267 e. The van der Waals surface area contributed by atoms with Crippen molar-refractivity contribution in [1.82, 2.24) is 15.2 Å². The maximum atomic E-state index is 12.5. The molecular weight excluding hydrogens is 366 g/mol. The maximum absolute atomic E-state index is 12.5. The highest BCUT2D eigenvalue weighted by molar-refractivity contribution is 7.98. The van der Waals surface area contributed by atoms with Crippen LogP contribution in [0.1, 0.15) is 28.9 Å². The van der Waals surface area contributed by atoms with E-state index < -0.39 is 0 Å². The van der Waals surface area contributed by atoms with Gasteiger partial charge >= 0.3 is 0 Å². The Bertz CT molecular complexity index is 919. The average molecular weight is 394 g/mol. The maximum Gasteiger partial charge on any atom is 0.267 e. The first-order chi connectivity index (χ1) is 13.7. The van der Waals surface area contributed by atoms with Gasteiger partial charge in [0, 0.05) is 35.4 Å². The van der Waals surface area contributed by atoms with Gasteiger partial charge in [-0.15, -0.1) is 11.8 Å². The number of likely N-dealkylation sites (tertiary alicyclic amines) is 1. The summed E-state index contributed by atoms with van der Waals surface area (Å²) >= 11 is 1.79. The molecule has 3 aromatic rings.